The van der Waals surface area contributed by atoms with Gasteiger partial charge in [-0.1, -0.05) is 48.9 Å². The summed E-state index contributed by atoms with van der Waals surface area (Å²) in [7, 11) is -2.00. The van der Waals surface area contributed by atoms with Crippen LogP contribution in [0, 0.1) is 6.92 Å². The minimum Gasteiger partial charge on any atom is -0.356 e. The number of nitrogens with two attached hydrogens (primary N) is 1. The van der Waals surface area contributed by atoms with Crippen molar-refractivity contribution in [3.8, 4) is 0 Å². The average molecular weight is 375 g/mol. The Morgan fingerprint density at radius 1 is 1.15 bits per heavy atom. The molecule has 0 heterocycles. The van der Waals surface area contributed by atoms with Crippen molar-refractivity contribution in [3.63, 3.8) is 0 Å². The van der Waals surface area contributed by atoms with Crippen LogP contribution in [-0.2, 0) is 16.6 Å². The molecule has 0 saturated carbocycles. The maximum absolute atomic E-state index is 11.4. The zero-order chi connectivity index (χ0) is 19.2. The Kier molecular flexibility index (Phi) is 6.76. The minimum atomic E-state index is -3.70. The molecule has 1 atom stereocenters. The summed E-state index contributed by atoms with van der Waals surface area (Å²) in [4.78, 5) is 4.31. The summed E-state index contributed by atoms with van der Waals surface area (Å²) in [5, 5.41) is 11.6. The van der Waals surface area contributed by atoms with E-state index >= 15 is 0 Å². The summed E-state index contributed by atoms with van der Waals surface area (Å²) in [6.07, 6.45) is 0. The van der Waals surface area contributed by atoms with Crippen molar-refractivity contribution in [2.75, 3.05) is 13.6 Å². The van der Waals surface area contributed by atoms with Gasteiger partial charge in [0.05, 0.1) is 4.90 Å². The summed E-state index contributed by atoms with van der Waals surface area (Å²) < 4.78 is 22.9. The molecule has 0 aromatic heterocycles. The van der Waals surface area contributed by atoms with Gasteiger partial charge in [0, 0.05) is 20.1 Å². The van der Waals surface area contributed by atoms with Gasteiger partial charge in [-0.3, -0.25) is 4.99 Å². The van der Waals surface area contributed by atoms with E-state index in [-0.39, 0.29) is 4.90 Å². The topological polar surface area (TPSA) is 96.6 Å². The standard InChI is InChI=1S/C19H26N4O2S/c1-14-7-9-17(10-8-14)15(2)12-22-19(21-3)23-13-16-5-4-6-18(11-16)26(20,24)25/h4-11,15H,12-13H2,1-3H3,(H2,20,24,25)(H2,21,22,23). The Hall–Kier alpha value is -2.38. The molecular weight excluding hydrogens is 348 g/mol. The lowest BCUT2D eigenvalue weighted by molar-refractivity contribution is 0.597. The number of benzene rings is 2. The molecule has 1 unspecified atom stereocenters. The molecule has 2 rings (SSSR count). The largest absolute Gasteiger partial charge is 0.356 e. The van der Waals surface area contributed by atoms with Gasteiger partial charge in [0.2, 0.25) is 10.0 Å². The van der Waals surface area contributed by atoms with E-state index in [9.17, 15) is 8.42 Å². The van der Waals surface area contributed by atoms with Gasteiger partial charge in [-0.15, -0.1) is 0 Å². The van der Waals surface area contributed by atoms with Gasteiger partial charge >= 0.3 is 0 Å². The molecule has 0 radical (unpaired) electrons. The van der Waals surface area contributed by atoms with Crippen LogP contribution >= 0.6 is 0 Å². The highest BCUT2D eigenvalue weighted by molar-refractivity contribution is 7.89. The van der Waals surface area contributed by atoms with Crippen molar-refractivity contribution < 1.29 is 8.42 Å². The quantitative estimate of drug-likeness (QED) is 0.533. The van der Waals surface area contributed by atoms with Crippen molar-refractivity contribution in [2.24, 2.45) is 10.1 Å². The highest BCUT2D eigenvalue weighted by Crippen LogP contribution is 2.14. The number of hydrogen-bond donors (Lipinski definition) is 3. The third-order valence-electron chi connectivity index (χ3n) is 4.13. The smallest absolute Gasteiger partial charge is 0.238 e. The van der Waals surface area contributed by atoms with E-state index in [1.165, 1.54) is 17.2 Å². The molecule has 0 spiro atoms. The zero-order valence-corrected chi connectivity index (χ0v) is 16.2. The highest BCUT2D eigenvalue weighted by atomic mass is 32.2. The van der Waals surface area contributed by atoms with Crippen LogP contribution in [-0.4, -0.2) is 28.0 Å². The molecule has 26 heavy (non-hydrogen) atoms. The lowest BCUT2D eigenvalue weighted by atomic mass is 10.0. The van der Waals surface area contributed by atoms with Crippen LogP contribution in [0.15, 0.2) is 58.4 Å². The maximum atomic E-state index is 11.4. The number of hydrogen-bond acceptors (Lipinski definition) is 3. The Morgan fingerprint density at radius 3 is 2.46 bits per heavy atom. The number of guanidine groups is 1. The van der Waals surface area contributed by atoms with E-state index in [0.29, 0.717) is 18.4 Å². The molecule has 0 aliphatic carbocycles. The minimum absolute atomic E-state index is 0.104. The monoisotopic (exact) mass is 374 g/mol. The molecule has 6 nitrogen and oxygen atoms in total. The van der Waals surface area contributed by atoms with Crippen molar-refractivity contribution in [1.82, 2.24) is 10.6 Å². The third-order valence-corrected chi connectivity index (χ3v) is 5.04. The second-order valence-electron chi connectivity index (χ2n) is 6.31. The zero-order valence-electron chi connectivity index (χ0n) is 15.4. The highest BCUT2D eigenvalue weighted by Gasteiger charge is 2.09. The fourth-order valence-corrected chi connectivity index (χ4v) is 3.09. The number of nitrogens with one attached hydrogen (secondary N) is 2. The lowest BCUT2D eigenvalue weighted by Gasteiger charge is -2.17. The molecule has 0 aliphatic heterocycles. The van der Waals surface area contributed by atoms with Gasteiger partial charge in [0.1, 0.15) is 0 Å². The first kappa shape index (κ1) is 19.9. The maximum Gasteiger partial charge on any atom is 0.238 e. The number of nitrogens with zero attached hydrogens (tertiary/aromatic N) is 1. The van der Waals surface area contributed by atoms with Crippen LogP contribution < -0.4 is 15.8 Å². The summed E-state index contributed by atoms with van der Waals surface area (Å²) in [5.41, 5.74) is 3.32. The van der Waals surface area contributed by atoms with Gasteiger partial charge < -0.3 is 10.6 Å². The third kappa shape index (κ3) is 5.86. The molecular formula is C19H26N4O2S. The summed E-state index contributed by atoms with van der Waals surface area (Å²) >= 11 is 0. The predicted octanol–water partition coefficient (Wildman–Crippen LogP) is 2.11. The van der Waals surface area contributed by atoms with E-state index in [1.807, 2.05) is 6.07 Å². The number of aliphatic imine (C=N–C) groups is 1. The number of sulfonamides is 1. The second-order valence-corrected chi connectivity index (χ2v) is 7.87. The molecule has 0 fully saturated rings. The van der Waals surface area contributed by atoms with Crippen LogP contribution in [0.25, 0.3) is 0 Å². The SMILES string of the molecule is CN=C(NCc1cccc(S(N)(=O)=O)c1)NCC(C)c1ccc(C)cc1. The van der Waals surface area contributed by atoms with Gasteiger partial charge in [-0.25, -0.2) is 13.6 Å². The van der Waals surface area contributed by atoms with Crippen LogP contribution in [0.1, 0.15) is 29.5 Å². The molecule has 0 bridgehead atoms. The van der Waals surface area contributed by atoms with Crippen molar-refractivity contribution in [3.05, 3.63) is 65.2 Å². The van der Waals surface area contributed by atoms with E-state index < -0.39 is 10.0 Å². The number of rotatable bonds is 6. The van der Waals surface area contributed by atoms with Crippen molar-refractivity contribution in [1.29, 1.82) is 0 Å². The molecule has 0 saturated heterocycles. The van der Waals surface area contributed by atoms with Crippen LogP contribution in [0.5, 0.6) is 0 Å². The molecule has 0 aliphatic rings. The molecule has 2 aromatic carbocycles. The summed E-state index contributed by atoms with van der Waals surface area (Å²) in [6.45, 7) is 5.41. The fraction of sp³-hybridized carbons (Fsp3) is 0.316. The van der Waals surface area contributed by atoms with E-state index in [4.69, 9.17) is 5.14 Å². The average Bonchev–Trinajstić information content (AvgIpc) is 2.61. The van der Waals surface area contributed by atoms with Crippen LogP contribution in [0.4, 0.5) is 0 Å². The summed E-state index contributed by atoms with van der Waals surface area (Å²) in [6, 6.07) is 15.0. The molecule has 0 amide bonds. The predicted molar refractivity (Wildman–Crippen MR) is 106 cm³/mol. The Labute approximate surface area is 155 Å². The second kappa shape index (κ2) is 8.82. The van der Waals surface area contributed by atoms with Gasteiger partial charge in [0.15, 0.2) is 5.96 Å². The Bertz CT molecular complexity index is 861. The Balaban J connectivity index is 1.91. The van der Waals surface area contributed by atoms with Crippen LogP contribution in [0.3, 0.4) is 0 Å². The number of primary sulfonamides is 1. The van der Waals surface area contributed by atoms with Gasteiger partial charge in [-0.05, 0) is 36.1 Å². The molecule has 7 heteroatoms. The van der Waals surface area contributed by atoms with Crippen LogP contribution in [0.2, 0.25) is 0 Å². The van der Waals surface area contributed by atoms with E-state index in [2.05, 4.69) is 53.7 Å². The fourth-order valence-electron chi connectivity index (χ4n) is 2.50. The van der Waals surface area contributed by atoms with Crippen molar-refractivity contribution in [2.45, 2.75) is 31.2 Å². The molecule has 4 N–H and O–H groups in total. The summed E-state index contributed by atoms with van der Waals surface area (Å²) in [5.74, 6) is 0.991. The molecule has 2 aromatic rings. The Morgan fingerprint density at radius 2 is 1.85 bits per heavy atom. The lowest BCUT2D eigenvalue weighted by Crippen LogP contribution is -2.38. The van der Waals surface area contributed by atoms with E-state index in [1.54, 1.807) is 19.2 Å². The van der Waals surface area contributed by atoms with E-state index in [0.717, 1.165) is 12.1 Å². The first-order valence-corrected chi connectivity index (χ1v) is 9.97. The first-order valence-electron chi connectivity index (χ1n) is 8.42. The van der Waals surface area contributed by atoms with Gasteiger partial charge in [0.25, 0.3) is 0 Å². The first-order chi connectivity index (χ1) is 12.3. The van der Waals surface area contributed by atoms with Crippen molar-refractivity contribution >= 4 is 16.0 Å². The molecule has 140 valence electrons. The number of aryl methyl sites for hydroxylation is 1. The van der Waals surface area contributed by atoms with Gasteiger partial charge in [-0.2, -0.15) is 0 Å². The normalized spacial score (nSPS) is 13.3.